The Morgan fingerprint density at radius 1 is 1.04 bits per heavy atom. The van der Waals surface area contributed by atoms with E-state index in [-0.39, 0.29) is 17.2 Å². The molecule has 5 heteroatoms. The van der Waals surface area contributed by atoms with Gasteiger partial charge in [0.05, 0.1) is 13.5 Å². The van der Waals surface area contributed by atoms with E-state index in [1.165, 1.54) is 0 Å². The Morgan fingerprint density at radius 2 is 1.59 bits per heavy atom. The van der Waals surface area contributed by atoms with E-state index in [1.54, 1.807) is 7.11 Å². The summed E-state index contributed by atoms with van der Waals surface area (Å²) in [7, 11) is 1.68. The van der Waals surface area contributed by atoms with Crippen molar-refractivity contribution >= 4 is 11.8 Å². The van der Waals surface area contributed by atoms with Gasteiger partial charge in [0.1, 0.15) is 5.75 Å². The average Bonchev–Trinajstić information content (AvgIpc) is 2.60. The van der Waals surface area contributed by atoms with Crippen LogP contribution in [-0.4, -0.2) is 54.9 Å². The maximum Gasteiger partial charge on any atom is 0.227 e. The van der Waals surface area contributed by atoms with Crippen LogP contribution in [0, 0.1) is 5.92 Å². The van der Waals surface area contributed by atoms with Crippen molar-refractivity contribution in [1.82, 2.24) is 9.80 Å². The number of ether oxygens (including phenoxy) is 1. The second-order valence-corrected chi connectivity index (χ2v) is 8.82. The zero-order valence-electron chi connectivity index (χ0n) is 17.7. The SMILES string of the molecule is COc1ccc(CC(=O)N2CCN(C(=O)CC(C)C)CC2)cc1C(C)(C)C. The fourth-order valence-electron chi connectivity index (χ4n) is 3.42. The molecule has 1 heterocycles. The number of nitrogens with zero attached hydrogens (tertiary/aromatic N) is 2. The Morgan fingerprint density at radius 3 is 2.07 bits per heavy atom. The molecule has 0 spiro atoms. The van der Waals surface area contributed by atoms with Gasteiger partial charge in [-0.2, -0.15) is 0 Å². The fourth-order valence-corrected chi connectivity index (χ4v) is 3.42. The highest BCUT2D eigenvalue weighted by molar-refractivity contribution is 5.80. The molecule has 150 valence electrons. The Bertz CT molecular complexity index is 669. The van der Waals surface area contributed by atoms with Crippen LogP contribution in [0.4, 0.5) is 0 Å². The van der Waals surface area contributed by atoms with Crippen LogP contribution in [0.5, 0.6) is 5.75 Å². The summed E-state index contributed by atoms with van der Waals surface area (Å²) in [5.74, 6) is 1.54. The summed E-state index contributed by atoms with van der Waals surface area (Å²) in [6.45, 7) is 13.0. The van der Waals surface area contributed by atoms with Crippen molar-refractivity contribution in [2.75, 3.05) is 33.3 Å². The van der Waals surface area contributed by atoms with Gasteiger partial charge in [-0.3, -0.25) is 9.59 Å². The topological polar surface area (TPSA) is 49.9 Å². The maximum absolute atomic E-state index is 12.7. The van der Waals surface area contributed by atoms with Gasteiger partial charge in [0.25, 0.3) is 0 Å². The lowest BCUT2D eigenvalue weighted by Crippen LogP contribution is -2.51. The van der Waals surface area contributed by atoms with Crippen molar-refractivity contribution in [3.05, 3.63) is 29.3 Å². The zero-order valence-corrected chi connectivity index (χ0v) is 17.7. The number of rotatable bonds is 5. The van der Waals surface area contributed by atoms with Crippen LogP contribution in [0.25, 0.3) is 0 Å². The van der Waals surface area contributed by atoms with Gasteiger partial charge in [-0.15, -0.1) is 0 Å². The monoisotopic (exact) mass is 374 g/mol. The lowest BCUT2D eigenvalue weighted by Gasteiger charge is -2.35. The summed E-state index contributed by atoms with van der Waals surface area (Å²) in [6, 6.07) is 6.00. The molecule has 5 nitrogen and oxygen atoms in total. The predicted molar refractivity (Wildman–Crippen MR) is 108 cm³/mol. The van der Waals surface area contributed by atoms with Crippen molar-refractivity contribution in [3.8, 4) is 5.75 Å². The van der Waals surface area contributed by atoms with Crippen LogP contribution in [0.2, 0.25) is 0 Å². The summed E-state index contributed by atoms with van der Waals surface area (Å²) >= 11 is 0. The van der Waals surface area contributed by atoms with E-state index in [1.807, 2.05) is 21.9 Å². The van der Waals surface area contributed by atoms with Crippen LogP contribution in [0.15, 0.2) is 18.2 Å². The third-order valence-corrected chi connectivity index (χ3v) is 5.00. The Balaban J connectivity index is 1.98. The molecule has 1 aromatic rings. The summed E-state index contributed by atoms with van der Waals surface area (Å²) < 4.78 is 5.48. The highest BCUT2D eigenvalue weighted by Crippen LogP contribution is 2.32. The molecule has 1 saturated heterocycles. The van der Waals surface area contributed by atoms with E-state index in [9.17, 15) is 9.59 Å². The number of carbonyl (C=O) groups is 2. The van der Waals surface area contributed by atoms with Gasteiger partial charge in [-0.1, -0.05) is 46.8 Å². The van der Waals surface area contributed by atoms with E-state index < -0.39 is 0 Å². The first kappa shape index (κ1) is 21.3. The molecule has 0 atom stereocenters. The highest BCUT2D eigenvalue weighted by atomic mass is 16.5. The van der Waals surface area contributed by atoms with Gasteiger partial charge in [0.2, 0.25) is 11.8 Å². The van der Waals surface area contributed by atoms with Gasteiger partial charge < -0.3 is 14.5 Å². The predicted octanol–water partition coefficient (Wildman–Crippen LogP) is 3.25. The first-order valence-electron chi connectivity index (χ1n) is 9.84. The first-order chi connectivity index (χ1) is 12.6. The molecule has 0 saturated carbocycles. The molecule has 27 heavy (non-hydrogen) atoms. The van der Waals surface area contributed by atoms with Crippen molar-refractivity contribution in [2.45, 2.75) is 52.9 Å². The van der Waals surface area contributed by atoms with Crippen molar-refractivity contribution in [1.29, 1.82) is 0 Å². The molecule has 1 aromatic carbocycles. The first-order valence-corrected chi connectivity index (χ1v) is 9.84. The minimum Gasteiger partial charge on any atom is -0.496 e. The lowest BCUT2D eigenvalue weighted by atomic mass is 9.85. The summed E-state index contributed by atoms with van der Waals surface area (Å²) in [5.41, 5.74) is 2.07. The molecule has 1 aliphatic heterocycles. The molecule has 2 rings (SSSR count). The van der Waals surface area contributed by atoms with Gasteiger partial charge in [0, 0.05) is 32.6 Å². The number of piperazine rings is 1. The molecule has 1 fully saturated rings. The van der Waals surface area contributed by atoms with Gasteiger partial charge in [-0.05, 0) is 28.5 Å². The number of hydrogen-bond acceptors (Lipinski definition) is 3. The summed E-state index contributed by atoms with van der Waals surface area (Å²) in [4.78, 5) is 28.7. The lowest BCUT2D eigenvalue weighted by molar-refractivity contribution is -0.139. The quantitative estimate of drug-likeness (QED) is 0.795. The minimum atomic E-state index is -0.0488. The van der Waals surface area contributed by atoms with Crippen LogP contribution < -0.4 is 4.74 Å². The Labute approximate surface area is 163 Å². The van der Waals surface area contributed by atoms with E-state index in [0.717, 1.165) is 16.9 Å². The van der Waals surface area contributed by atoms with Gasteiger partial charge >= 0.3 is 0 Å². The van der Waals surface area contributed by atoms with Crippen LogP contribution in [0.1, 0.15) is 52.2 Å². The fraction of sp³-hybridized carbons (Fsp3) is 0.636. The molecule has 2 amide bonds. The Kier molecular flexibility index (Phi) is 6.90. The van der Waals surface area contributed by atoms with Crippen molar-refractivity contribution in [2.24, 2.45) is 5.92 Å². The second-order valence-electron chi connectivity index (χ2n) is 8.82. The summed E-state index contributed by atoms with van der Waals surface area (Å²) in [6.07, 6.45) is 0.961. The third-order valence-electron chi connectivity index (χ3n) is 5.00. The number of carbonyl (C=O) groups excluding carboxylic acids is 2. The van der Waals surface area contributed by atoms with E-state index in [2.05, 4.69) is 40.7 Å². The highest BCUT2D eigenvalue weighted by Gasteiger charge is 2.25. The van der Waals surface area contributed by atoms with Crippen LogP contribution in [0.3, 0.4) is 0 Å². The molecule has 0 radical (unpaired) electrons. The van der Waals surface area contributed by atoms with E-state index in [4.69, 9.17) is 4.74 Å². The molecule has 0 unspecified atom stereocenters. The number of benzene rings is 1. The van der Waals surface area contributed by atoms with Gasteiger partial charge in [-0.25, -0.2) is 0 Å². The minimum absolute atomic E-state index is 0.0488. The molecular formula is C22H34N2O3. The van der Waals surface area contributed by atoms with E-state index in [0.29, 0.717) is 44.9 Å². The summed E-state index contributed by atoms with van der Waals surface area (Å²) in [5, 5.41) is 0. The second kappa shape index (κ2) is 8.77. The zero-order chi connectivity index (χ0) is 20.2. The van der Waals surface area contributed by atoms with E-state index >= 15 is 0 Å². The molecular weight excluding hydrogens is 340 g/mol. The largest absolute Gasteiger partial charge is 0.496 e. The molecule has 0 N–H and O–H groups in total. The third kappa shape index (κ3) is 5.72. The average molecular weight is 375 g/mol. The number of methoxy groups -OCH3 is 1. The smallest absolute Gasteiger partial charge is 0.227 e. The van der Waals surface area contributed by atoms with Crippen molar-refractivity contribution < 1.29 is 14.3 Å². The standard InChI is InChI=1S/C22H34N2O3/c1-16(2)13-20(25)23-9-11-24(12-10-23)21(26)15-17-7-8-19(27-6)18(14-17)22(3,4)5/h7-8,14,16H,9-13,15H2,1-6H3. The van der Waals surface area contributed by atoms with Crippen LogP contribution in [-0.2, 0) is 21.4 Å². The number of amides is 2. The molecule has 1 aliphatic rings. The maximum atomic E-state index is 12.7. The normalized spacial score (nSPS) is 15.2. The molecule has 0 aliphatic carbocycles. The number of hydrogen-bond donors (Lipinski definition) is 0. The molecule has 0 aromatic heterocycles. The van der Waals surface area contributed by atoms with Gasteiger partial charge in [0.15, 0.2) is 0 Å². The molecule has 0 bridgehead atoms. The van der Waals surface area contributed by atoms with Crippen LogP contribution >= 0.6 is 0 Å². The Hall–Kier alpha value is -2.04. The van der Waals surface area contributed by atoms with Crippen molar-refractivity contribution in [3.63, 3.8) is 0 Å².